The molecule has 1 aliphatic heterocycles. The number of aromatic nitrogens is 1. The fourth-order valence-electron chi connectivity index (χ4n) is 2.08. The van der Waals surface area contributed by atoms with Crippen molar-refractivity contribution in [3.8, 4) is 5.75 Å². The van der Waals surface area contributed by atoms with E-state index < -0.39 is 0 Å². The number of carbonyl (C=O) groups excluding carboxylic acids is 2. The van der Waals surface area contributed by atoms with Gasteiger partial charge in [-0.1, -0.05) is 30.3 Å². The second-order valence-corrected chi connectivity index (χ2v) is 5.33. The summed E-state index contributed by atoms with van der Waals surface area (Å²) in [7, 11) is 0. The number of carbonyl (C=O) groups is 2. The number of amides is 1. The molecule has 0 unspecified atom stereocenters. The number of halogens is 1. The van der Waals surface area contributed by atoms with Crippen LogP contribution in [0.4, 0.5) is 5.82 Å². The third-order valence-electron chi connectivity index (χ3n) is 3.11. The molecule has 0 bridgehead atoms. The molecule has 0 N–H and O–H groups in total. The van der Waals surface area contributed by atoms with Crippen LogP contribution in [0.1, 0.15) is 10.4 Å². The third kappa shape index (κ3) is 2.80. The Morgan fingerprint density at radius 1 is 1.24 bits per heavy atom. The van der Waals surface area contributed by atoms with Crippen LogP contribution in [0.25, 0.3) is 0 Å². The second kappa shape index (κ2) is 5.65. The van der Waals surface area contributed by atoms with Crippen molar-refractivity contribution in [2.75, 3.05) is 18.1 Å². The van der Waals surface area contributed by atoms with Crippen molar-refractivity contribution in [3.05, 3.63) is 52.6 Å². The molecule has 0 spiro atoms. The normalized spacial score (nSPS) is 13.6. The SMILES string of the molecule is O=C(CN1C(=O)COc2ccc(Br)nc21)c1ccccc1. The highest BCUT2D eigenvalue weighted by molar-refractivity contribution is 9.10. The molecule has 1 aromatic heterocycles. The molecule has 21 heavy (non-hydrogen) atoms. The topological polar surface area (TPSA) is 59.5 Å². The maximum Gasteiger partial charge on any atom is 0.266 e. The first kappa shape index (κ1) is 13.8. The van der Waals surface area contributed by atoms with Crippen LogP contribution in [0.3, 0.4) is 0 Å². The summed E-state index contributed by atoms with van der Waals surface area (Å²) in [4.78, 5) is 29.9. The van der Waals surface area contributed by atoms with Gasteiger partial charge in [-0.25, -0.2) is 4.98 Å². The molecular formula is C15H11BrN2O3. The van der Waals surface area contributed by atoms with Gasteiger partial charge in [0, 0.05) is 5.56 Å². The molecule has 106 valence electrons. The van der Waals surface area contributed by atoms with Crippen LogP contribution in [0.15, 0.2) is 47.1 Å². The van der Waals surface area contributed by atoms with Crippen molar-refractivity contribution in [1.82, 2.24) is 4.98 Å². The number of ketones is 1. The minimum absolute atomic E-state index is 0.0529. The van der Waals surface area contributed by atoms with Gasteiger partial charge in [0.25, 0.3) is 5.91 Å². The summed E-state index contributed by atoms with van der Waals surface area (Å²) in [5.74, 6) is 0.444. The fourth-order valence-corrected chi connectivity index (χ4v) is 2.38. The number of benzene rings is 1. The lowest BCUT2D eigenvalue weighted by Gasteiger charge is -2.27. The Labute approximate surface area is 129 Å². The van der Waals surface area contributed by atoms with Gasteiger partial charge in [-0.15, -0.1) is 0 Å². The highest BCUT2D eigenvalue weighted by Gasteiger charge is 2.29. The van der Waals surface area contributed by atoms with Gasteiger partial charge in [0.15, 0.2) is 24.0 Å². The van der Waals surface area contributed by atoms with E-state index in [4.69, 9.17) is 4.74 Å². The van der Waals surface area contributed by atoms with Crippen molar-refractivity contribution in [2.45, 2.75) is 0 Å². The lowest BCUT2D eigenvalue weighted by atomic mass is 10.1. The van der Waals surface area contributed by atoms with E-state index in [0.717, 1.165) is 0 Å². The Balaban J connectivity index is 1.90. The summed E-state index contributed by atoms with van der Waals surface area (Å²) in [6, 6.07) is 12.3. The number of Topliss-reactive ketones (excluding diaryl/α,β-unsaturated/α-hetero) is 1. The molecule has 6 heteroatoms. The predicted molar refractivity (Wildman–Crippen MR) is 80.6 cm³/mol. The summed E-state index contributed by atoms with van der Waals surface area (Å²) >= 11 is 3.26. The van der Waals surface area contributed by atoms with Gasteiger partial charge in [0.1, 0.15) is 4.60 Å². The molecular weight excluding hydrogens is 336 g/mol. The van der Waals surface area contributed by atoms with Gasteiger partial charge in [-0.3, -0.25) is 14.5 Å². The minimum Gasteiger partial charge on any atom is -0.480 e. The maximum atomic E-state index is 12.3. The van der Waals surface area contributed by atoms with Crippen LogP contribution in [-0.2, 0) is 4.79 Å². The Morgan fingerprint density at radius 2 is 2.00 bits per heavy atom. The molecule has 1 aromatic carbocycles. The van der Waals surface area contributed by atoms with Gasteiger partial charge in [0.2, 0.25) is 0 Å². The number of hydrogen-bond donors (Lipinski definition) is 0. The van der Waals surface area contributed by atoms with Gasteiger partial charge in [0.05, 0.1) is 6.54 Å². The Bertz CT molecular complexity index is 703. The molecule has 0 fully saturated rings. The standard InChI is InChI=1S/C15H11BrN2O3/c16-13-7-6-12-15(17-13)18(14(20)9-21-12)8-11(19)10-4-2-1-3-5-10/h1-7H,8-9H2. The monoisotopic (exact) mass is 346 g/mol. The van der Waals surface area contributed by atoms with E-state index >= 15 is 0 Å². The van der Waals surface area contributed by atoms with E-state index in [1.165, 1.54) is 4.90 Å². The smallest absolute Gasteiger partial charge is 0.266 e. The number of rotatable bonds is 3. The zero-order chi connectivity index (χ0) is 14.8. The largest absolute Gasteiger partial charge is 0.480 e. The number of hydrogen-bond acceptors (Lipinski definition) is 4. The van der Waals surface area contributed by atoms with Gasteiger partial charge >= 0.3 is 0 Å². The van der Waals surface area contributed by atoms with Crippen LogP contribution in [0.5, 0.6) is 5.75 Å². The van der Waals surface area contributed by atoms with E-state index in [1.54, 1.807) is 36.4 Å². The molecule has 3 rings (SSSR count). The van der Waals surface area contributed by atoms with E-state index in [0.29, 0.717) is 21.7 Å². The Kier molecular flexibility index (Phi) is 3.70. The Hall–Kier alpha value is -2.21. The number of fused-ring (bicyclic) bond motifs is 1. The molecule has 5 nitrogen and oxygen atoms in total. The number of anilines is 1. The average molecular weight is 347 g/mol. The maximum absolute atomic E-state index is 12.3. The molecule has 0 radical (unpaired) electrons. The molecule has 2 aromatic rings. The van der Waals surface area contributed by atoms with Gasteiger partial charge < -0.3 is 4.74 Å². The number of pyridine rings is 1. The van der Waals surface area contributed by atoms with Crippen molar-refractivity contribution in [3.63, 3.8) is 0 Å². The predicted octanol–water partition coefficient (Wildman–Crippen LogP) is 2.45. The van der Waals surface area contributed by atoms with Crippen LogP contribution < -0.4 is 9.64 Å². The molecule has 1 amide bonds. The lowest BCUT2D eigenvalue weighted by molar-refractivity contribution is -0.121. The molecule has 0 atom stereocenters. The summed E-state index contributed by atoms with van der Waals surface area (Å²) in [5, 5.41) is 0. The van der Waals surface area contributed by atoms with Gasteiger partial charge in [-0.05, 0) is 28.1 Å². The molecule has 2 heterocycles. The summed E-state index contributed by atoms with van der Waals surface area (Å²) in [6.45, 7) is -0.138. The third-order valence-corrected chi connectivity index (χ3v) is 3.55. The van der Waals surface area contributed by atoms with Crippen molar-refractivity contribution >= 4 is 33.4 Å². The zero-order valence-electron chi connectivity index (χ0n) is 11.0. The first-order valence-corrected chi connectivity index (χ1v) is 7.12. The average Bonchev–Trinajstić information content (AvgIpc) is 2.51. The van der Waals surface area contributed by atoms with E-state index in [1.807, 2.05) is 6.07 Å². The summed E-state index contributed by atoms with van der Waals surface area (Å²) in [5.41, 5.74) is 0.563. The lowest BCUT2D eigenvalue weighted by Crippen LogP contribution is -2.42. The van der Waals surface area contributed by atoms with E-state index in [9.17, 15) is 9.59 Å². The van der Waals surface area contributed by atoms with Crippen LogP contribution in [-0.4, -0.2) is 29.8 Å². The quantitative estimate of drug-likeness (QED) is 0.632. The Morgan fingerprint density at radius 3 is 2.76 bits per heavy atom. The summed E-state index contributed by atoms with van der Waals surface area (Å²) < 4.78 is 5.90. The number of nitrogens with zero attached hydrogens (tertiary/aromatic N) is 2. The van der Waals surface area contributed by atoms with Crippen LogP contribution in [0, 0.1) is 0 Å². The zero-order valence-corrected chi connectivity index (χ0v) is 12.5. The minimum atomic E-state index is -0.280. The van der Waals surface area contributed by atoms with Crippen LogP contribution in [0.2, 0.25) is 0 Å². The highest BCUT2D eigenvalue weighted by atomic mass is 79.9. The first-order valence-electron chi connectivity index (χ1n) is 6.33. The molecule has 0 saturated heterocycles. The van der Waals surface area contributed by atoms with E-state index in [2.05, 4.69) is 20.9 Å². The summed E-state index contributed by atoms with van der Waals surface area (Å²) in [6.07, 6.45) is 0. The van der Waals surface area contributed by atoms with Crippen molar-refractivity contribution < 1.29 is 14.3 Å². The molecule has 1 aliphatic rings. The number of ether oxygens (including phenoxy) is 1. The molecule has 0 aliphatic carbocycles. The first-order chi connectivity index (χ1) is 10.1. The highest BCUT2D eigenvalue weighted by Crippen LogP contribution is 2.31. The van der Waals surface area contributed by atoms with Crippen molar-refractivity contribution in [2.24, 2.45) is 0 Å². The second-order valence-electron chi connectivity index (χ2n) is 4.51. The fraction of sp³-hybridized carbons (Fsp3) is 0.133. The van der Waals surface area contributed by atoms with E-state index in [-0.39, 0.29) is 24.8 Å². The van der Waals surface area contributed by atoms with Crippen LogP contribution >= 0.6 is 15.9 Å². The van der Waals surface area contributed by atoms with Gasteiger partial charge in [-0.2, -0.15) is 0 Å². The van der Waals surface area contributed by atoms with Crippen molar-refractivity contribution in [1.29, 1.82) is 0 Å². The molecule has 0 saturated carbocycles.